The van der Waals surface area contributed by atoms with Crippen molar-refractivity contribution in [2.45, 2.75) is 30.7 Å². The van der Waals surface area contributed by atoms with Gasteiger partial charge in [0.15, 0.2) is 0 Å². The lowest BCUT2D eigenvalue weighted by Crippen LogP contribution is -2.33. The van der Waals surface area contributed by atoms with Gasteiger partial charge in [-0.1, -0.05) is 88.2 Å². The van der Waals surface area contributed by atoms with E-state index in [9.17, 15) is 10.2 Å². The fraction of sp³-hybridized carbons (Fsp3) is 0.222. The van der Waals surface area contributed by atoms with Crippen LogP contribution in [0.25, 0.3) is 21.8 Å². The largest absolute Gasteiger partial charge is 0.391 e. The van der Waals surface area contributed by atoms with Gasteiger partial charge in [0.25, 0.3) is 0 Å². The minimum atomic E-state index is -0.570. The predicted molar refractivity (Wildman–Crippen MR) is 185 cm³/mol. The molecule has 8 heteroatoms. The standard InChI is InChI=1S/C18H19BrN2O.C18H19ClN2O/c1-20-12-17(22)18(14-6-4-7-15(19)11-14)21-10-9-13-5-2-3-8-16(13)21;19-15-6-3-5-14(12-15)18(17(22)8-10-20)21-11-9-13-4-1-2-7-16(13)21/h2-11,17-18,20,22H,12H2,1H3;1-7,9,11-12,17-18,22H,8,10,20H2. The third kappa shape index (κ3) is 7.26. The van der Waals surface area contributed by atoms with Gasteiger partial charge < -0.3 is 30.4 Å². The number of halogens is 2. The first kappa shape index (κ1) is 32.0. The van der Waals surface area contributed by atoms with Crippen molar-refractivity contribution in [3.63, 3.8) is 0 Å². The van der Waals surface area contributed by atoms with Gasteiger partial charge in [-0.25, -0.2) is 0 Å². The molecule has 0 amide bonds. The Hall–Kier alpha value is -3.43. The molecule has 0 fully saturated rings. The molecule has 0 aliphatic rings. The van der Waals surface area contributed by atoms with Crippen LogP contribution in [0.15, 0.2) is 126 Å². The quantitative estimate of drug-likeness (QED) is 0.124. The Labute approximate surface area is 271 Å². The number of rotatable bonds is 10. The predicted octanol–water partition coefficient (Wildman–Crippen LogP) is 7.17. The monoisotopic (exact) mass is 672 g/mol. The molecular weight excluding hydrogens is 636 g/mol. The van der Waals surface area contributed by atoms with Crippen LogP contribution in [0.1, 0.15) is 29.6 Å². The van der Waals surface area contributed by atoms with E-state index in [0.29, 0.717) is 24.5 Å². The molecule has 0 aliphatic carbocycles. The lowest BCUT2D eigenvalue weighted by Gasteiger charge is -2.26. The lowest BCUT2D eigenvalue weighted by molar-refractivity contribution is 0.125. The fourth-order valence-corrected chi connectivity index (χ4v) is 6.48. The summed E-state index contributed by atoms with van der Waals surface area (Å²) in [7, 11) is 1.86. The van der Waals surface area contributed by atoms with E-state index in [0.717, 1.165) is 32.0 Å². The van der Waals surface area contributed by atoms with Gasteiger partial charge in [0, 0.05) is 39.5 Å². The summed E-state index contributed by atoms with van der Waals surface area (Å²) in [4.78, 5) is 0. The molecule has 2 heterocycles. The summed E-state index contributed by atoms with van der Waals surface area (Å²) in [5.74, 6) is 0. The second-order valence-corrected chi connectivity index (χ2v) is 12.2. The molecule has 0 radical (unpaired) electrons. The fourth-order valence-electron chi connectivity index (χ4n) is 5.86. The Morgan fingerprint density at radius 2 is 1.27 bits per heavy atom. The summed E-state index contributed by atoms with van der Waals surface area (Å²) >= 11 is 9.66. The molecule has 228 valence electrons. The summed E-state index contributed by atoms with van der Waals surface area (Å²) in [6.07, 6.45) is 3.50. The minimum Gasteiger partial charge on any atom is -0.391 e. The van der Waals surface area contributed by atoms with E-state index in [-0.39, 0.29) is 12.1 Å². The van der Waals surface area contributed by atoms with Crippen molar-refractivity contribution in [3.8, 4) is 0 Å². The molecule has 6 nitrogen and oxygen atoms in total. The van der Waals surface area contributed by atoms with Crippen LogP contribution >= 0.6 is 27.5 Å². The number of nitrogens with zero attached hydrogens (tertiary/aromatic N) is 2. The number of hydrogen-bond acceptors (Lipinski definition) is 4. The van der Waals surface area contributed by atoms with E-state index in [2.05, 4.69) is 85.1 Å². The summed E-state index contributed by atoms with van der Waals surface area (Å²) in [6.45, 7) is 0.973. The average molecular weight is 674 g/mol. The topological polar surface area (TPSA) is 88.4 Å². The molecule has 0 bridgehead atoms. The Kier molecular flexibility index (Phi) is 10.9. The molecule has 2 aromatic heterocycles. The second-order valence-electron chi connectivity index (χ2n) is 10.8. The number of likely N-dealkylation sites (N-methyl/N-ethyl adjacent to an activating group) is 1. The molecule has 0 spiro atoms. The maximum Gasteiger partial charge on any atom is 0.0912 e. The van der Waals surface area contributed by atoms with Gasteiger partial charge in [0.05, 0.1) is 24.3 Å². The number of nitrogens with two attached hydrogens (primary N) is 1. The molecule has 0 saturated carbocycles. The van der Waals surface area contributed by atoms with Gasteiger partial charge >= 0.3 is 0 Å². The van der Waals surface area contributed by atoms with Crippen molar-refractivity contribution in [3.05, 3.63) is 142 Å². The molecular formula is C36H38BrClN4O2. The van der Waals surface area contributed by atoms with Crippen LogP contribution in [-0.2, 0) is 0 Å². The summed E-state index contributed by atoms with van der Waals surface area (Å²) in [5.41, 5.74) is 9.92. The Morgan fingerprint density at radius 1 is 0.727 bits per heavy atom. The van der Waals surface area contributed by atoms with E-state index >= 15 is 0 Å². The van der Waals surface area contributed by atoms with Crippen molar-refractivity contribution in [1.82, 2.24) is 14.5 Å². The van der Waals surface area contributed by atoms with Gasteiger partial charge in [-0.3, -0.25) is 0 Å². The normalized spacial score (nSPS) is 14.1. The number of fused-ring (bicyclic) bond motifs is 2. The smallest absolute Gasteiger partial charge is 0.0912 e. The van der Waals surface area contributed by atoms with E-state index in [1.165, 1.54) is 5.39 Å². The molecule has 4 atom stereocenters. The highest BCUT2D eigenvalue weighted by Crippen LogP contribution is 2.31. The Balaban J connectivity index is 0.000000175. The molecule has 0 saturated heterocycles. The van der Waals surface area contributed by atoms with Crippen LogP contribution in [0, 0.1) is 0 Å². The Bertz CT molecular complexity index is 1670. The maximum absolute atomic E-state index is 10.7. The third-order valence-corrected chi connectivity index (χ3v) is 8.57. The number of aliphatic hydroxyl groups excluding tert-OH is 2. The first-order chi connectivity index (χ1) is 21.4. The molecule has 5 N–H and O–H groups in total. The van der Waals surface area contributed by atoms with E-state index in [1.807, 2.05) is 73.9 Å². The van der Waals surface area contributed by atoms with Crippen molar-refractivity contribution < 1.29 is 10.2 Å². The minimum absolute atomic E-state index is 0.134. The van der Waals surface area contributed by atoms with Crippen molar-refractivity contribution in [2.75, 3.05) is 20.1 Å². The van der Waals surface area contributed by atoms with Gasteiger partial charge in [-0.15, -0.1) is 0 Å². The third-order valence-electron chi connectivity index (χ3n) is 7.84. The van der Waals surface area contributed by atoms with Crippen molar-refractivity contribution in [1.29, 1.82) is 0 Å². The van der Waals surface area contributed by atoms with Crippen molar-refractivity contribution in [2.24, 2.45) is 5.73 Å². The van der Waals surface area contributed by atoms with Gasteiger partial charge in [0.2, 0.25) is 0 Å². The van der Waals surface area contributed by atoms with Crippen LogP contribution in [-0.4, -0.2) is 51.7 Å². The zero-order valence-corrected chi connectivity index (χ0v) is 26.9. The highest BCUT2D eigenvalue weighted by molar-refractivity contribution is 9.10. The van der Waals surface area contributed by atoms with E-state index in [4.69, 9.17) is 17.3 Å². The highest BCUT2D eigenvalue weighted by atomic mass is 79.9. The van der Waals surface area contributed by atoms with Crippen LogP contribution in [0.5, 0.6) is 0 Å². The van der Waals surface area contributed by atoms with Gasteiger partial charge in [-0.2, -0.15) is 0 Å². The lowest BCUT2D eigenvalue weighted by atomic mass is 9.98. The van der Waals surface area contributed by atoms with Crippen LogP contribution < -0.4 is 11.1 Å². The number of para-hydroxylation sites is 2. The van der Waals surface area contributed by atoms with Crippen LogP contribution in [0.2, 0.25) is 5.02 Å². The first-order valence-corrected chi connectivity index (χ1v) is 15.9. The van der Waals surface area contributed by atoms with E-state index in [1.54, 1.807) is 0 Å². The summed E-state index contributed by atoms with van der Waals surface area (Å²) in [5, 5.41) is 27.4. The van der Waals surface area contributed by atoms with Gasteiger partial charge in [-0.05, 0) is 90.4 Å². The number of hydrogen-bond donors (Lipinski definition) is 4. The molecule has 4 unspecified atom stereocenters. The van der Waals surface area contributed by atoms with Crippen molar-refractivity contribution >= 4 is 49.3 Å². The number of aliphatic hydroxyl groups is 2. The maximum atomic E-state index is 10.7. The van der Waals surface area contributed by atoms with E-state index < -0.39 is 12.2 Å². The summed E-state index contributed by atoms with van der Waals surface area (Å²) in [6, 6.07) is 36.0. The van der Waals surface area contributed by atoms with Crippen LogP contribution in [0.3, 0.4) is 0 Å². The zero-order valence-electron chi connectivity index (χ0n) is 24.6. The molecule has 44 heavy (non-hydrogen) atoms. The number of aromatic nitrogens is 2. The molecule has 6 aromatic rings. The Morgan fingerprint density at radius 3 is 1.82 bits per heavy atom. The zero-order chi connectivity index (χ0) is 31.1. The van der Waals surface area contributed by atoms with Crippen LogP contribution in [0.4, 0.5) is 0 Å². The van der Waals surface area contributed by atoms with Gasteiger partial charge in [0.1, 0.15) is 0 Å². The summed E-state index contributed by atoms with van der Waals surface area (Å²) < 4.78 is 5.27. The second kappa shape index (κ2) is 15.0. The average Bonchev–Trinajstić information content (AvgIpc) is 3.63. The SMILES string of the molecule is CNCC(O)C(c1cccc(Br)c1)n1ccc2ccccc21.NCCC(O)C(c1cccc(Cl)c1)n1ccc2ccccc21. The molecule has 0 aliphatic heterocycles. The molecule has 6 rings (SSSR count). The first-order valence-electron chi connectivity index (χ1n) is 14.7. The molecule has 4 aromatic carbocycles. The number of benzene rings is 4. The highest BCUT2D eigenvalue weighted by Gasteiger charge is 2.25. The number of nitrogens with one attached hydrogen (secondary N) is 1.